The maximum Gasteiger partial charge on any atom is 0.416 e. The summed E-state index contributed by atoms with van der Waals surface area (Å²) < 4.78 is 48.3. The summed E-state index contributed by atoms with van der Waals surface area (Å²) in [5.41, 5.74) is 0.401. The van der Waals surface area contributed by atoms with Gasteiger partial charge in [-0.3, -0.25) is 0 Å². The number of furan rings is 1. The Bertz CT molecular complexity index is 749. The Hall–Kier alpha value is -2.50. The molecule has 0 saturated heterocycles. The monoisotopic (exact) mass is 279 g/mol. The van der Waals surface area contributed by atoms with Gasteiger partial charge in [-0.25, -0.2) is 4.98 Å². The van der Waals surface area contributed by atoms with Crippen molar-refractivity contribution in [1.29, 1.82) is 0 Å². The third kappa shape index (κ3) is 2.45. The number of nitrogens with zero attached hydrogens (tertiary/aromatic N) is 1. The van der Waals surface area contributed by atoms with Gasteiger partial charge in [0.05, 0.1) is 18.0 Å². The fourth-order valence-corrected chi connectivity index (χ4v) is 1.76. The number of hydrogen-bond acceptors (Lipinski definition) is 3. The predicted molar refractivity (Wildman–Crippen MR) is 65.5 cm³/mol. The summed E-state index contributed by atoms with van der Waals surface area (Å²) in [5, 5.41) is 0. The van der Waals surface area contributed by atoms with Crippen LogP contribution in [0, 0.1) is 0 Å². The van der Waals surface area contributed by atoms with E-state index in [1.807, 2.05) is 0 Å². The maximum atomic E-state index is 12.6. The predicted octanol–water partition coefficient (Wildman–Crippen LogP) is 4.64. The van der Waals surface area contributed by atoms with Crippen molar-refractivity contribution in [2.24, 2.45) is 0 Å². The quantitative estimate of drug-likeness (QED) is 0.685. The molecule has 102 valence electrons. The highest BCUT2D eigenvalue weighted by atomic mass is 19.4. The van der Waals surface area contributed by atoms with E-state index in [-0.39, 0.29) is 5.75 Å². The number of benzene rings is 1. The molecule has 3 aromatic rings. The van der Waals surface area contributed by atoms with E-state index < -0.39 is 11.7 Å². The van der Waals surface area contributed by atoms with Crippen LogP contribution in [0.1, 0.15) is 5.56 Å². The molecule has 3 nitrogen and oxygen atoms in total. The fourth-order valence-electron chi connectivity index (χ4n) is 1.76. The van der Waals surface area contributed by atoms with Gasteiger partial charge in [-0.05, 0) is 18.2 Å². The Labute approximate surface area is 111 Å². The Morgan fingerprint density at radius 2 is 1.90 bits per heavy atom. The van der Waals surface area contributed by atoms with E-state index in [0.717, 1.165) is 12.1 Å². The van der Waals surface area contributed by atoms with Crippen LogP contribution in [-0.2, 0) is 6.18 Å². The van der Waals surface area contributed by atoms with Gasteiger partial charge >= 0.3 is 6.18 Å². The average Bonchev–Trinajstić information content (AvgIpc) is 2.85. The van der Waals surface area contributed by atoms with Crippen LogP contribution in [0.15, 0.2) is 53.3 Å². The second-order valence-electron chi connectivity index (χ2n) is 4.10. The smallest absolute Gasteiger partial charge is 0.416 e. The summed E-state index contributed by atoms with van der Waals surface area (Å²) in [4.78, 5) is 4.07. The van der Waals surface area contributed by atoms with Crippen LogP contribution < -0.4 is 4.74 Å². The molecule has 0 aliphatic carbocycles. The van der Waals surface area contributed by atoms with Gasteiger partial charge in [-0.2, -0.15) is 13.2 Å². The Kier molecular flexibility index (Phi) is 2.85. The zero-order valence-electron chi connectivity index (χ0n) is 10.0. The number of aromatic nitrogens is 1. The van der Waals surface area contributed by atoms with Crippen molar-refractivity contribution in [3.63, 3.8) is 0 Å². The molecule has 0 aliphatic rings. The second kappa shape index (κ2) is 4.56. The SMILES string of the molecule is FC(F)(F)c1cccc(Oc2cnc3ccoc3c2)c1. The summed E-state index contributed by atoms with van der Waals surface area (Å²) in [6.45, 7) is 0. The summed E-state index contributed by atoms with van der Waals surface area (Å²) >= 11 is 0. The van der Waals surface area contributed by atoms with E-state index >= 15 is 0 Å². The minimum Gasteiger partial charge on any atom is -0.463 e. The second-order valence-corrected chi connectivity index (χ2v) is 4.10. The first-order chi connectivity index (χ1) is 9.52. The third-order valence-electron chi connectivity index (χ3n) is 2.67. The molecule has 2 heterocycles. The molecule has 0 unspecified atom stereocenters. The van der Waals surface area contributed by atoms with Gasteiger partial charge in [0.2, 0.25) is 0 Å². The minimum atomic E-state index is -4.40. The molecule has 0 atom stereocenters. The van der Waals surface area contributed by atoms with Gasteiger partial charge in [-0.15, -0.1) is 0 Å². The van der Waals surface area contributed by atoms with Crippen molar-refractivity contribution in [3.8, 4) is 11.5 Å². The van der Waals surface area contributed by atoms with Crippen LogP contribution in [0.3, 0.4) is 0 Å². The fraction of sp³-hybridized carbons (Fsp3) is 0.0714. The number of hydrogen-bond donors (Lipinski definition) is 0. The molecule has 0 aliphatic heterocycles. The van der Waals surface area contributed by atoms with Crippen molar-refractivity contribution >= 4 is 11.1 Å². The van der Waals surface area contributed by atoms with Crippen LogP contribution in [0.25, 0.3) is 11.1 Å². The first-order valence-electron chi connectivity index (χ1n) is 5.71. The van der Waals surface area contributed by atoms with E-state index in [9.17, 15) is 13.2 Å². The molecule has 6 heteroatoms. The van der Waals surface area contributed by atoms with Crippen molar-refractivity contribution in [1.82, 2.24) is 4.98 Å². The van der Waals surface area contributed by atoms with Gasteiger partial charge in [0.25, 0.3) is 0 Å². The molecule has 0 spiro atoms. The van der Waals surface area contributed by atoms with Gasteiger partial charge in [0, 0.05) is 12.1 Å². The largest absolute Gasteiger partial charge is 0.463 e. The molecule has 20 heavy (non-hydrogen) atoms. The van der Waals surface area contributed by atoms with E-state index in [1.54, 1.807) is 12.1 Å². The zero-order chi connectivity index (χ0) is 14.2. The Morgan fingerprint density at radius 1 is 1.05 bits per heavy atom. The first-order valence-corrected chi connectivity index (χ1v) is 5.71. The summed E-state index contributed by atoms with van der Waals surface area (Å²) in [6, 6.07) is 7.91. The number of pyridine rings is 1. The third-order valence-corrected chi connectivity index (χ3v) is 2.67. The van der Waals surface area contributed by atoms with Gasteiger partial charge in [0.1, 0.15) is 17.0 Å². The zero-order valence-corrected chi connectivity index (χ0v) is 10.0. The van der Waals surface area contributed by atoms with Gasteiger partial charge in [0.15, 0.2) is 5.58 Å². The lowest BCUT2D eigenvalue weighted by Crippen LogP contribution is -2.04. The molecular weight excluding hydrogens is 271 g/mol. The Balaban J connectivity index is 1.90. The average molecular weight is 279 g/mol. The van der Waals surface area contributed by atoms with Gasteiger partial charge < -0.3 is 9.15 Å². The highest BCUT2D eigenvalue weighted by Crippen LogP contribution is 2.33. The molecule has 0 radical (unpaired) electrons. The molecule has 1 aromatic carbocycles. The summed E-state index contributed by atoms with van der Waals surface area (Å²) in [7, 11) is 0. The number of fused-ring (bicyclic) bond motifs is 1. The van der Waals surface area contributed by atoms with E-state index in [4.69, 9.17) is 9.15 Å². The van der Waals surface area contributed by atoms with Crippen LogP contribution in [0.5, 0.6) is 11.5 Å². The molecule has 0 amide bonds. The minimum absolute atomic E-state index is 0.0903. The highest BCUT2D eigenvalue weighted by molar-refractivity contribution is 5.73. The number of alkyl halides is 3. The lowest BCUT2D eigenvalue weighted by atomic mass is 10.2. The molecule has 0 bridgehead atoms. The molecule has 0 fully saturated rings. The Morgan fingerprint density at radius 3 is 2.70 bits per heavy atom. The number of rotatable bonds is 2. The lowest BCUT2D eigenvalue weighted by molar-refractivity contribution is -0.137. The van der Waals surface area contributed by atoms with Crippen molar-refractivity contribution < 1.29 is 22.3 Å². The maximum absolute atomic E-state index is 12.6. The van der Waals surface area contributed by atoms with Crippen LogP contribution in [0.2, 0.25) is 0 Å². The van der Waals surface area contributed by atoms with Crippen LogP contribution >= 0.6 is 0 Å². The topological polar surface area (TPSA) is 35.3 Å². The van der Waals surface area contributed by atoms with E-state index in [1.165, 1.54) is 24.6 Å². The molecule has 2 aromatic heterocycles. The van der Waals surface area contributed by atoms with E-state index in [0.29, 0.717) is 16.8 Å². The van der Waals surface area contributed by atoms with Gasteiger partial charge in [-0.1, -0.05) is 6.07 Å². The molecule has 3 rings (SSSR count). The summed E-state index contributed by atoms with van der Waals surface area (Å²) in [6.07, 6.45) is -1.49. The van der Waals surface area contributed by atoms with Crippen molar-refractivity contribution in [3.05, 3.63) is 54.4 Å². The number of halogens is 3. The van der Waals surface area contributed by atoms with Crippen molar-refractivity contribution in [2.45, 2.75) is 6.18 Å². The number of ether oxygens (including phenoxy) is 1. The summed E-state index contributed by atoms with van der Waals surface area (Å²) in [5.74, 6) is 0.402. The van der Waals surface area contributed by atoms with Crippen LogP contribution in [0.4, 0.5) is 13.2 Å². The van der Waals surface area contributed by atoms with Crippen molar-refractivity contribution in [2.75, 3.05) is 0 Å². The molecular formula is C14H8F3NO2. The van der Waals surface area contributed by atoms with Crippen LogP contribution in [-0.4, -0.2) is 4.98 Å². The van der Waals surface area contributed by atoms with E-state index in [2.05, 4.69) is 4.98 Å². The lowest BCUT2D eigenvalue weighted by Gasteiger charge is -2.09. The first kappa shape index (κ1) is 12.5. The molecule has 0 N–H and O–H groups in total. The standard InChI is InChI=1S/C14H8F3NO2/c15-14(16,17)9-2-1-3-10(6-9)20-11-7-13-12(18-8-11)4-5-19-13/h1-8H. The normalized spacial score (nSPS) is 11.8. The highest BCUT2D eigenvalue weighted by Gasteiger charge is 2.30. The molecule has 0 saturated carbocycles.